The van der Waals surface area contributed by atoms with Gasteiger partial charge in [0.1, 0.15) is 10.9 Å². The van der Waals surface area contributed by atoms with Crippen LogP contribution in [0.5, 0.6) is 11.5 Å². The SMILES string of the molecule is COc1cc([C@H](C(=O)NCCC(C)C)N(C(=O)c2snc(C(N)=O)c2N)C2CCCC2)ccc1O. The Kier molecular flexibility index (Phi) is 8.55. The normalized spacial score (nSPS) is 14.6. The van der Waals surface area contributed by atoms with Crippen LogP contribution >= 0.6 is 11.5 Å². The zero-order chi connectivity index (χ0) is 25.7. The number of phenols is 1. The Bertz CT molecular complexity index is 1080. The van der Waals surface area contributed by atoms with Crippen LogP contribution in [0.25, 0.3) is 0 Å². The number of nitrogens with one attached hydrogen (secondary N) is 1. The van der Waals surface area contributed by atoms with E-state index < -0.39 is 17.9 Å². The summed E-state index contributed by atoms with van der Waals surface area (Å²) in [6.07, 6.45) is 4.05. The molecule has 1 aliphatic carbocycles. The summed E-state index contributed by atoms with van der Waals surface area (Å²) in [5.74, 6) is -1.16. The maximum absolute atomic E-state index is 13.9. The molecule has 190 valence electrons. The van der Waals surface area contributed by atoms with E-state index in [1.54, 1.807) is 12.1 Å². The summed E-state index contributed by atoms with van der Waals surface area (Å²) in [7, 11) is 1.42. The summed E-state index contributed by atoms with van der Waals surface area (Å²) in [6, 6.07) is 3.37. The van der Waals surface area contributed by atoms with E-state index in [1.165, 1.54) is 18.1 Å². The van der Waals surface area contributed by atoms with Crippen LogP contribution in [-0.4, -0.2) is 51.8 Å². The summed E-state index contributed by atoms with van der Waals surface area (Å²) < 4.78 is 9.23. The minimum Gasteiger partial charge on any atom is -0.504 e. The van der Waals surface area contributed by atoms with Crippen molar-refractivity contribution < 1.29 is 24.2 Å². The fourth-order valence-electron chi connectivity index (χ4n) is 4.31. The molecule has 35 heavy (non-hydrogen) atoms. The predicted molar refractivity (Wildman–Crippen MR) is 133 cm³/mol. The molecule has 1 aromatic carbocycles. The zero-order valence-electron chi connectivity index (χ0n) is 20.2. The van der Waals surface area contributed by atoms with Gasteiger partial charge in [-0.1, -0.05) is 32.8 Å². The Labute approximate surface area is 208 Å². The van der Waals surface area contributed by atoms with E-state index in [1.807, 2.05) is 0 Å². The molecule has 1 aliphatic rings. The largest absolute Gasteiger partial charge is 0.504 e. The van der Waals surface area contributed by atoms with Crippen molar-refractivity contribution >= 4 is 34.9 Å². The van der Waals surface area contributed by atoms with Crippen molar-refractivity contribution in [2.75, 3.05) is 19.4 Å². The molecule has 0 saturated heterocycles. The maximum Gasteiger partial charge on any atom is 0.270 e. The average Bonchev–Trinajstić information content (AvgIpc) is 3.47. The zero-order valence-corrected chi connectivity index (χ0v) is 21.1. The molecule has 0 bridgehead atoms. The number of carbonyl (C=O) groups is 3. The second kappa shape index (κ2) is 11.4. The van der Waals surface area contributed by atoms with Crippen molar-refractivity contribution in [1.29, 1.82) is 0 Å². The van der Waals surface area contributed by atoms with Crippen molar-refractivity contribution in [2.45, 2.75) is 58.0 Å². The number of primary amides is 1. The third-order valence-corrected chi connectivity index (χ3v) is 7.03. The molecule has 6 N–H and O–H groups in total. The third kappa shape index (κ3) is 5.84. The first-order valence-corrected chi connectivity index (χ1v) is 12.4. The van der Waals surface area contributed by atoms with Crippen molar-refractivity contribution in [1.82, 2.24) is 14.6 Å². The number of carbonyl (C=O) groups excluding carboxylic acids is 3. The van der Waals surface area contributed by atoms with Gasteiger partial charge in [-0.3, -0.25) is 14.4 Å². The molecule has 1 aromatic heterocycles. The van der Waals surface area contributed by atoms with Crippen LogP contribution in [0.15, 0.2) is 18.2 Å². The van der Waals surface area contributed by atoms with E-state index in [0.29, 0.717) is 18.0 Å². The Morgan fingerprint density at radius 1 is 1.29 bits per heavy atom. The Morgan fingerprint density at radius 2 is 1.97 bits per heavy atom. The molecule has 3 rings (SSSR count). The molecule has 11 heteroatoms. The maximum atomic E-state index is 13.9. The molecule has 1 atom stereocenters. The summed E-state index contributed by atoms with van der Waals surface area (Å²) in [6.45, 7) is 4.57. The summed E-state index contributed by atoms with van der Waals surface area (Å²) in [5.41, 5.74) is 11.7. The third-order valence-electron chi connectivity index (χ3n) is 6.18. The van der Waals surface area contributed by atoms with Gasteiger partial charge in [-0.15, -0.1) is 0 Å². The minimum absolute atomic E-state index is 0.0661. The predicted octanol–water partition coefficient (Wildman–Crippen LogP) is 2.83. The molecule has 10 nitrogen and oxygen atoms in total. The molecule has 0 unspecified atom stereocenters. The lowest BCUT2D eigenvalue weighted by Gasteiger charge is -2.36. The lowest BCUT2D eigenvalue weighted by Crippen LogP contribution is -2.48. The van der Waals surface area contributed by atoms with Gasteiger partial charge in [0.2, 0.25) is 5.91 Å². The number of hydrogen-bond acceptors (Lipinski definition) is 8. The number of phenolic OH excluding ortho intramolecular Hbond substituents is 1. The topological polar surface area (TPSA) is 161 Å². The lowest BCUT2D eigenvalue weighted by atomic mass is 9.99. The standard InChI is InChI=1S/C24H33N5O5S/c1-13(2)10-11-27-23(32)20(14-8-9-16(30)17(12-14)34-3)29(15-6-4-5-7-15)24(33)21-18(25)19(22(26)31)28-35-21/h8-9,12-13,15,20,30H,4-7,10-11,25H2,1-3H3,(H2,26,31)(H,27,32)/t20-/m1/s1. The molecule has 1 saturated carbocycles. The van der Waals surface area contributed by atoms with Gasteiger partial charge >= 0.3 is 0 Å². The number of nitrogens with zero attached hydrogens (tertiary/aromatic N) is 2. The Hall–Kier alpha value is -3.34. The highest BCUT2D eigenvalue weighted by atomic mass is 32.1. The quantitative estimate of drug-likeness (QED) is 0.387. The second-order valence-corrected chi connectivity index (χ2v) is 9.87. The summed E-state index contributed by atoms with van der Waals surface area (Å²) in [4.78, 5) is 40.8. The van der Waals surface area contributed by atoms with Crippen LogP contribution in [0, 0.1) is 5.92 Å². The second-order valence-electron chi connectivity index (χ2n) is 9.10. The number of ether oxygens (including phenoxy) is 1. The molecule has 1 heterocycles. The molecule has 3 amide bonds. The number of aromatic nitrogens is 1. The van der Waals surface area contributed by atoms with E-state index in [9.17, 15) is 19.5 Å². The number of hydrogen-bond donors (Lipinski definition) is 4. The van der Waals surface area contributed by atoms with Crippen molar-refractivity contribution in [3.8, 4) is 11.5 Å². The number of rotatable bonds is 10. The molecule has 0 spiro atoms. The first-order chi connectivity index (χ1) is 16.6. The van der Waals surface area contributed by atoms with E-state index in [4.69, 9.17) is 16.2 Å². The highest BCUT2D eigenvalue weighted by molar-refractivity contribution is 7.09. The highest BCUT2D eigenvalue weighted by Crippen LogP contribution is 2.37. The molecule has 0 aliphatic heterocycles. The summed E-state index contributed by atoms with van der Waals surface area (Å²) in [5, 5.41) is 13.1. The molecular weight excluding hydrogens is 470 g/mol. The van der Waals surface area contributed by atoms with Crippen LogP contribution in [0.2, 0.25) is 0 Å². The number of nitrogens with two attached hydrogens (primary N) is 2. The average molecular weight is 504 g/mol. The number of nitrogen functional groups attached to an aromatic ring is 1. The van der Waals surface area contributed by atoms with Crippen LogP contribution in [0.4, 0.5) is 5.69 Å². The fraction of sp³-hybridized carbons (Fsp3) is 0.500. The van der Waals surface area contributed by atoms with Gasteiger partial charge in [0.25, 0.3) is 11.8 Å². The van der Waals surface area contributed by atoms with Gasteiger partial charge in [-0.25, -0.2) is 0 Å². The van der Waals surface area contributed by atoms with Gasteiger partial charge in [0.05, 0.1) is 12.8 Å². The minimum atomic E-state index is -1.01. The van der Waals surface area contributed by atoms with Crippen molar-refractivity contribution in [3.63, 3.8) is 0 Å². The number of methoxy groups -OCH3 is 1. The lowest BCUT2D eigenvalue weighted by molar-refractivity contribution is -0.126. The molecule has 1 fully saturated rings. The van der Waals surface area contributed by atoms with Crippen molar-refractivity contribution in [3.05, 3.63) is 34.3 Å². The molecular formula is C24H33N5O5S. The van der Waals surface area contributed by atoms with Crippen LogP contribution in [-0.2, 0) is 4.79 Å². The first-order valence-electron chi connectivity index (χ1n) is 11.7. The number of aromatic hydroxyl groups is 1. The van der Waals surface area contributed by atoms with Gasteiger partial charge in [-0.05, 0) is 54.4 Å². The van der Waals surface area contributed by atoms with E-state index >= 15 is 0 Å². The van der Waals surface area contributed by atoms with Crippen molar-refractivity contribution in [2.24, 2.45) is 11.7 Å². The number of benzene rings is 1. The van der Waals surface area contributed by atoms with Crippen LogP contribution in [0.1, 0.15) is 77.7 Å². The fourth-order valence-corrected chi connectivity index (χ4v) is 5.06. The monoisotopic (exact) mass is 503 g/mol. The van der Waals surface area contributed by atoms with E-state index in [-0.39, 0.29) is 39.7 Å². The van der Waals surface area contributed by atoms with Gasteiger partial charge < -0.3 is 31.5 Å². The smallest absolute Gasteiger partial charge is 0.270 e. The number of amides is 3. The Morgan fingerprint density at radius 3 is 2.54 bits per heavy atom. The van der Waals surface area contributed by atoms with Gasteiger partial charge in [-0.2, -0.15) is 4.37 Å². The van der Waals surface area contributed by atoms with Crippen LogP contribution in [0.3, 0.4) is 0 Å². The van der Waals surface area contributed by atoms with E-state index in [0.717, 1.165) is 43.6 Å². The molecule has 2 aromatic rings. The first kappa shape index (κ1) is 26.3. The number of anilines is 1. The van der Waals surface area contributed by atoms with Gasteiger partial charge in [0.15, 0.2) is 17.2 Å². The Balaban J connectivity index is 2.09. The molecule has 0 radical (unpaired) electrons. The van der Waals surface area contributed by atoms with Gasteiger partial charge in [0, 0.05) is 12.6 Å². The van der Waals surface area contributed by atoms with E-state index in [2.05, 4.69) is 23.5 Å². The van der Waals surface area contributed by atoms with Crippen LogP contribution < -0.4 is 21.5 Å². The summed E-state index contributed by atoms with van der Waals surface area (Å²) >= 11 is 0.792. The highest BCUT2D eigenvalue weighted by Gasteiger charge is 2.40.